The van der Waals surface area contributed by atoms with Crippen LogP contribution in [0.25, 0.3) is 6.08 Å². The number of benzene rings is 1. The van der Waals surface area contributed by atoms with Gasteiger partial charge >= 0.3 is 5.97 Å². The minimum Gasteiger partial charge on any atom is -0.488 e. The molecule has 2 rings (SSSR count). The van der Waals surface area contributed by atoms with E-state index in [2.05, 4.69) is 10.6 Å². The van der Waals surface area contributed by atoms with E-state index in [4.69, 9.17) is 9.47 Å². The third-order valence-electron chi connectivity index (χ3n) is 3.55. The Balaban J connectivity index is 1.81. The highest BCUT2D eigenvalue weighted by molar-refractivity contribution is 5.96. The molecular weight excluding hydrogens is 324 g/mol. The predicted molar refractivity (Wildman–Crippen MR) is 91.8 cm³/mol. The Morgan fingerprint density at radius 2 is 2.04 bits per heavy atom. The van der Waals surface area contributed by atoms with E-state index in [0.717, 1.165) is 12.0 Å². The van der Waals surface area contributed by atoms with Crippen LogP contribution in [0, 0.1) is 0 Å². The fourth-order valence-corrected chi connectivity index (χ4v) is 2.21. The standard InChI is InChI=1S/C18H22N2O5/c1-3-8-19-17(22)12(2)20-16(21)11-25-18(23)14-9-13-6-4-5-7-15(13)24-10-14/h4-7,9,12H,3,8,10-11H2,1-2H3,(H,19,22)(H,20,21)/t12-/m0/s1. The molecule has 0 bridgehead atoms. The molecule has 0 saturated carbocycles. The number of rotatable bonds is 7. The summed E-state index contributed by atoms with van der Waals surface area (Å²) >= 11 is 0. The molecule has 1 atom stereocenters. The van der Waals surface area contributed by atoms with Gasteiger partial charge in [-0.25, -0.2) is 4.79 Å². The zero-order chi connectivity index (χ0) is 18.2. The molecule has 2 amide bonds. The minimum atomic E-state index is -0.693. The number of hydrogen-bond donors (Lipinski definition) is 2. The van der Waals surface area contributed by atoms with Gasteiger partial charge in [-0.3, -0.25) is 9.59 Å². The first-order valence-corrected chi connectivity index (χ1v) is 8.18. The van der Waals surface area contributed by atoms with E-state index in [1.807, 2.05) is 31.2 Å². The summed E-state index contributed by atoms with van der Waals surface area (Å²) < 4.78 is 10.5. The molecule has 7 heteroatoms. The van der Waals surface area contributed by atoms with Crippen molar-refractivity contribution in [3.05, 3.63) is 35.4 Å². The van der Waals surface area contributed by atoms with Crippen LogP contribution in [-0.4, -0.2) is 43.6 Å². The van der Waals surface area contributed by atoms with Gasteiger partial charge in [0.2, 0.25) is 5.91 Å². The SMILES string of the molecule is CCCNC(=O)[C@H](C)NC(=O)COC(=O)C1=Cc2ccccc2OC1. The van der Waals surface area contributed by atoms with Gasteiger partial charge in [-0.2, -0.15) is 0 Å². The first-order valence-electron chi connectivity index (χ1n) is 8.18. The molecule has 7 nitrogen and oxygen atoms in total. The summed E-state index contributed by atoms with van der Waals surface area (Å²) in [7, 11) is 0. The van der Waals surface area contributed by atoms with E-state index in [0.29, 0.717) is 17.9 Å². The van der Waals surface area contributed by atoms with E-state index in [1.54, 1.807) is 13.0 Å². The molecule has 0 aliphatic carbocycles. The van der Waals surface area contributed by atoms with Crippen LogP contribution in [0.1, 0.15) is 25.8 Å². The number of carbonyl (C=O) groups is 3. The highest BCUT2D eigenvalue weighted by Crippen LogP contribution is 2.25. The Hall–Kier alpha value is -2.83. The number of para-hydroxylation sites is 1. The Kier molecular flexibility index (Phi) is 6.56. The Bertz CT molecular complexity index is 684. The lowest BCUT2D eigenvalue weighted by molar-refractivity contribution is -0.145. The van der Waals surface area contributed by atoms with Crippen LogP contribution < -0.4 is 15.4 Å². The van der Waals surface area contributed by atoms with Crippen LogP contribution in [0.3, 0.4) is 0 Å². The Morgan fingerprint density at radius 3 is 2.80 bits per heavy atom. The summed E-state index contributed by atoms with van der Waals surface area (Å²) in [5, 5.41) is 5.16. The van der Waals surface area contributed by atoms with Crippen molar-refractivity contribution in [2.45, 2.75) is 26.3 Å². The largest absolute Gasteiger partial charge is 0.488 e. The van der Waals surface area contributed by atoms with Gasteiger partial charge in [-0.05, 0) is 25.5 Å². The van der Waals surface area contributed by atoms with Crippen LogP contribution in [0.2, 0.25) is 0 Å². The molecule has 1 aromatic rings. The van der Waals surface area contributed by atoms with Gasteiger partial charge in [0.05, 0.1) is 5.57 Å². The fraction of sp³-hybridized carbons (Fsp3) is 0.389. The molecule has 0 radical (unpaired) electrons. The summed E-state index contributed by atoms with van der Waals surface area (Å²) in [4.78, 5) is 35.5. The molecule has 0 aromatic heterocycles. The minimum absolute atomic E-state index is 0.0906. The van der Waals surface area contributed by atoms with Gasteiger partial charge in [0.1, 0.15) is 18.4 Å². The van der Waals surface area contributed by atoms with Gasteiger partial charge in [-0.1, -0.05) is 25.1 Å². The molecule has 2 N–H and O–H groups in total. The van der Waals surface area contributed by atoms with Crippen molar-refractivity contribution >= 4 is 23.9 Å². The number of hydrogen-bond acceptors (Lipinski definition) is 5. The number of amides is 2. The van der Waals surface area contributed by atoms with E-state index >= 15 is 0 Å². The molecule has 0 spiro atoms. The molecule has 1 aliphatic heterocycles. The van der Waals surface area contributed by atoms with Crippen LogP contribution in [0.5, 0.6) is 5.75 Å². The second-order valence-electron chi connectivity index (χ2n) is 5.65. The van der Waals surface area contributed by atoms with Gasteiger partial charge in [0, 0.05) is 12.1 Å². The van der Waals surface area contributed by atoms with Crippen molar-refractivity contribution in [3.8, 4) is 5.75 Å². The summed E-state index contributed by atoms with van der Waals surface area (Å²) in [6.07, 6.45) is 2.49. The lowest BCUT2D eigenvalue weighted by atomic mass is 10.1. The topological polar surface area (TPSA) is 93.7 Å². The smallest absolute Gasteiger partial charge is 0.338 e. The Morgan fingerprint density at radius 1 is 1.28 bits per heavy atom. The quantitative estimate of drug-likeness (QED) is 0.720. The summed E-state index contributed by atoms with van der Waals surface area (Å²) in [5.74, 6) is -0.733. The van der Waals surface area contributed by atoms with Crippen LogP contribution in [-0.2, 0) is 19.1 Å². The lowest BCUT2D eigenvalue weighted by Crippen LogP contribution is -2.46. The van der Waals surface area contributed by atoms with Crippen molar-refractivity contribution in [2.24, 2.45) is 0 Å². The van der Waals surface area contributed by atoms with Gasteiger partial charge in [0.15, 0.2) is 6.61 Å². The normalized spacial score (nSPS) is 13.6. The first-order chi connectivity index (χ1) is 12.0. The molecule has 1 aliphatic rings. The molecule has 0 unspecified atom stereocenters. The van der Waals surface area contributed by atoms with Crippen LogP contribution in [0.15, 0.2) is 29.8 Å². The van der Waals surface area contributed by atoms with E-state index in [-0.39, 0.29) is 12.5 Å². The third-order valence-corrected chi connectivity index (χ3v) is 3.55. The Labute approximate surface area is 146 Å². The number of ether oxygens (including phenoxy) is 2. The molecule has 1 aromatic carbocycles. The molecule has 1 heterocycles. The predicted octanol–water partition coefficient (Wildman–Crippen LogP) is 1.04. The highest BCUT2D eigenvalue weighted by atomic mass is 16.5. The molecule has 0 fully saturated rings. The van der Waals surface area contributed by atoms with Crippen molar-refractivity contribution < 1.29 is 23.9 Å². The average Bonchev–Trinajstić information content (AvgIpc) is 2.63. The van der Waals surface area contributed by atoms with E-state index < -0.39 is 24.5 Å². The number of carbonyl (C=O) groups excluding carboxylic acids is 3. The zero-order valence-corrected chi connectivity index (χ0v) is 14.3. The lowest BCUT2D eigenvalue weighted by Gasteiger charge is -2.17. The maximum atomic E-state index is 12.0. The molecular formula is C18H22N2O5. The average molecular weight is 346 g/mol. The van der Waals surface area contributed by atoms with Crippen molar-refractivity contribution in [1.29, 1.82) is 0 Å². The number of fused-ring (bicyclic) bond motifs is 1. The summed E-state index contributed by atoms with van der Waals surface area (Å²) in [5.41, 5.74) is 1.12. The molecule has 134 valence electrons. The highest BCUT2D eigenvalue weighted by Gasteiger charge is 2.20. The monoisotopic (exact) mass is 346 g/mol. The van der Waals surface area contributed by atoms with Crippen molar-refractivity contribution in [1.82, 2.24) is 10.6 Å². The second-order valence-corrected chi connectivity index (χ2v) is 5.65. The fourth-order valence-electron chi connectivity index (χ4n) is 2.21. The maximum Gasteiger partial charge on any atom is 0.338 e. The van der Waals surface area contributed by atoms with E-state index in [9.17, 15) is 14.4 Å². The van der Waals surface area contributed by atoms with Crippen LogP contribution in [0.4, 0.5) is 0 Å². The zero-order valence-electron chi connectivity index (χ0n) is 14.3. The summed E-state index contributed by atoms with van der Waals surface area (Å²) in [6.45, 7) is 3.68. The molecule has 0 saturated heterocycles. The summed E-state index contributed by atoms with van der Waals surface area (Å²) in [6, 6.07) is 6.63. The number of nitrogens with one attached hydrogen (secondary N) is 2. The van der Waals surface area contributed by atoms with E-state index in [1.165, 1.54) is 0 Å². The van der Waals surface area contributed by atoms with Crippen molar-refractivity contribution in [3.63, 3.8) is 0 Å². The van der Waals surface area contributed by atoms with Crippen LogP contribution >= 0.6 is 0 Å². The maximum absolute atomic E-state index is 12.0. The van der Waals surface area contributed by atoms with Gasteiger partial charge in [-0.15, -0.1) is 0 Å². The molecule has 25 heavy (non-hydrogen) atoms. The second kappa shape index (κ2) is 8.86. The first kappa shape index (κ1) is 18.5. The number of esters is 1. The van der Waals surface area contributed by atoms with Crippen molar-refractivity contribution in [2.75, 3.05) is 19.8 Å². The third kappa shape index (κ3) is 5.34. The van der Waals surface area contributed by atoms with Gasteiger partial charge < -0.3 is 20.1 Å². The van der Waals surface area contributed by atoms with Gasteiger partial charge in [0.25, 0.3) is 5.91 Å².